The zero-order valence-corrected chi connectivity index (χ0v) is 10.8. The Hall–Kier alpha value is -0.930. The average molecular weight is 245 g/mol. The third-order valence-electron chi connectivity index (χ3n) is 2.51. The molecule has 1 unspecified atom stereocenters. The highest BCUT2D eigenvalue weighted by Crippen LogP contribution is 2.42. The largest absolute Gasteiger partial charge is 0.493 e. The number of rotatable bonds is 4. The van der Waals surface area contributed by atoms with Crippen LogP contribution in [0, 0.1) is 0 Å². The van der Waals surface area contributed by atoms with Crippen LogP contribution in [0.4, 0.5) is 0 Å². The van der Waals surface area contributed by atoms with Crippen LogP contribution in [0.25, 0.3) is 0 Å². The Morgan fingerprint density at radius 1 is 1.38 bits per heavy atom. The Balaban J connectivity index is 3.51. The van der Waals surface area contributed by atoms with Gasteiger partial charge in [0.2, 0.25) is 0 Å². The molecule has 0 aromatic heterocycles. The van der Waals surface area contributed by atoms with Gasteiger partial charge in [-0.15, -0.1) is 0 Å². The second-order valence-corrected chi connectivity index (χ2v) is 3.91. The first-order chi connectivity index (χ1) is 7.56. The number of aliphatic hydroxyl groups excluding tert-OH is 1. The molecule has 1 aromatic carbocycles. The molecule has 0 radical (unpaired) electrons. The highest BCUT2D eigenvalue weighted by atomic mass is 35.5. The lowest BCUT2D eigenvalue weighted by Gasteiger charge is -2.18. The van der Waals surface area contributed by atoms with Gasteiger partial charge in [0, 0.05) is 5.56 Å². The Kier molecular flexibility index (Phi) is 4.44. The van der Waals surface area contributed by atoms with Crippen LogP contribution in [0.5, 0.6) is 11.5 Å². The number of hydrogen-bond donors (Lipinski definition) is 1. The van der Waals surface area contributed by atoms with E-state index in [1.54, 1.807) is 14.0 Å². The van der Waals surface area contributed by atoms with Gasteiger partial charge in [-0.05, 0) is 25.0 Å². The molecule has 0 amide bonds. The SMILES string of the molecule is CCc1cc(OC)c(OC)c(C(C)O)c1Cl. The van der Waals surface area contributed by atoms with Gasteiger partial charge in [-0.2, -0.15) is 0 Å². The van der Waals surface area contributed by atoms with Crippen molar-refractivity contribution in [1.82, 2.24) is 0 Å². The van der Waals surface area contributed by atoms with Gasteiger partial charge in [-0.1, -0.05) is 18.5 Å². The topological polar surface area (TPSA) is 38.7 Å². The standard InChI is InChI=1S/C12H17ClO3/c1-5-8-6-9(15-3)12(16-4)10(7(2)14)11(8)13/h6-7,14H,5H2,1-4H3. The molecule has 1 atom stereocenters. The van der Waals surface area contributed by atoms with E-state index in [9.17, 15) is 5.11 Å². The molecule has 1 N–H and O–H groups in total. The number of benzene rings is 1. The molecule has 0 spiro atoms. The van der Waals surface area contributed by atoms with Crippen molar-refractivity contribution in [3.63, 3.8) is 0 Å². The van der Waals surface area contributed by atoms with Crippen molar-refractivity contribution in [2.45, 2.75) is 26.4 Å². The van der Waals surface area contributed by atoms with Crippen LogP contribution >= 0.6 is 11.6 Å². The summed E-state index contributed by atoms with van der Waals surface area (Å²) in [6.45, 7) is 3.65. The van der Waals surface area contributed by atoms with Crippen molar-refractivity contribution in [2.24, 2.45) is 0 Å². The highest BCUT2D eigenvalue weighted by Gasteiger charge is 2.20. The number of hydrogen-bond acceptors (Lipinski definition) is 3. The number of methoxy groups -OCH3 is 2. The van der Waals surface area contributed by atoms with Crippen LogP contribution < -0.4 is 9.47 Å². The molecular weight excluding hydrogens is 228 g/mol. The summed E-state index contributed by atoms with van der Waals surface area (Å²) in [4.78, 5) is 0. The molecule has 0 saturated carbocycles. The zero-order chi connectivity index (χ0) is 12.3. The van der Waals surface area contributed by atoms with Crippen molar-refractivity contribution in [1.29, 1.82) is 0 Å². The van der Waals surface area contributed by atoms with E-state index in [0.717, 1.165) is 12.0 Å². The van der Waals surface area contributed by atoms with Crippen molar-refractivity contribution in [2.75, 3.05) is 14.2 Å². The molecule has 4 heteroatoms. The lowest BCUT2D eigenvalue weighted by Crippen LogP contribution is -2.03. The third-order valence-corrected chi connectivity index (χ3v) is 2.96. The highest BCUT2D eigenvalue weighted by molar-refractivity contribution is 6.32. The predicted molar refractivity (Wildman–Crippen MR) is 64.6 cm³/mol. The van der Waals surface area contributed by atoms with E-state index in [4.69, 9.17) is 21.1 Å². The summed E-state index contributed by atoms with van der Waals surface area (Å²) >= 11 is 6.22. The van der Waals surface area contributed by atoms with Gasteiger partial charge in [0.1, 0.15) is 0 Å². The molecule has 1 aromatic rings. The van der Waals surface area contributed by atoms with Crippen LogP contribution in [0.15, 0.2) is 6.07 Å². The lowest BCUT2D eigenvalue weighted by molar-refractivity contribution is 0.193. The minimum absolute atomic E-state index is 0.500. The summed E-state index contributed by atoms with van der Waals surface area (Å²) in [6.07, 6.45) is 0.0849. The van der Waals surface area contributed by atoms with Gasteiger partial charge in [-0.3, -0.25) is 0 Å². The molecule has 16 heavy (non-hydrogen) atoms. The molecule has 0 aliphatic heterocycles. The summed E-state index contributed by atoms with van der Waals surface area (Å²) in [5.41, 5.74) is 1.52. The molecule has 3 nitrogen and oxygen atoms in total. The first-order valence-corrected chi connectivity index (χ1v) is 5.55. The van der Waals surface area contributed by atoms with Gasteiger partial charge in [0.25, 0.3) is 0 Å². The lowest BCUT2D eigenvalue weighted by atomic mass is 10.0. The summed E-state index contributed by atoms with van der Waals surface area (Å²) in [5, 5.41) is 10.3. The minimum atomic E-state index is -0.692. The van der Waals surface area contributed by atoms with Gasteiger partial charge in [0.05, 0.1) is 25.3 Å². The molecule has 0 saturated heterocycles. The van der Waals surface area contributed by atoms with Gasteiger partial charge < -0.3 is 14.6 Å². The van der Waals surface area contributed by atoms with E-state index in [-0.39, 0.29) is 0 Å². The maximum atomic E-state index is 9.74. The molecule has 0 heterocycles. The van der Waals surface area contributed by atoms with Crippen molar-refractivity contribution < 1.29 is 14.6 Å². The number of ether oxygens (including phenoxy) is 2. The second-order valence-electron chi connectivity index (χ2n) is 3.53. The summed E-state index contributed by atoms with van der Waals surface area (Å²) in [6, 6.07) is 1.84. The molecular formula is C12H17ClO3. The van der Waals surface area contributed by atoms with Crippen LogP contribution in [0.2, 0.25) is 5.02 Å². The quantitative estimate of drug-likeness (QED) is 0.885. The zero-order valence-electron chi connectivity index (χ0n) is 10.0. The molecule has 90 valence electrons. The van der Waals surface area contributed by atoms with Gasteiger partial charge in [-0.25, -0.2) is 0 Å². The van der Waals surface area contributed by atoms with E-state index >= 15 is 0 Å². The van der Waals surface area contributed by atoms with E-state index in [2.05, 4.69) is 0 Å². The Labute approximate surface area is 101 Å². The second kappa shape index (κ2) is 5.41. The van der Waals surface area contributed by atoms with Crippen LogP contribution in [-0.2, 0) is 6.42 Å². The van der Waals surface area contributed by atoms with Crippen LogP contribution in [0.1, 0.15) is 31.1 Å². The fourth-order valence-corrected chi connectivity index (χ4v) is 2.12. The monoisotopic (exact) mass is 244 g/mol. The van der Waals surface area contributed by atoms with Crippen LogP contribution in [-0.4, -0.2) is 19.3 Å². The normalized spacial score (nSPS) is 12.4. The number of aliphatic hydroxyl groups is 1. The van der Waals surface area contributed by atoms with E-state index in [1.807, 2.05) is 13.0 Å². The first-order valence-electron chi connectivity index (χ1n) is 5.18. The minimum Gasteiger partial charge on any atom is -0.493 e. The van der Waals surface area contributed by atoms with E-state index < -0.39 is 6.10 Å². The average Bonchev–Trinajstić information content (AvgIpc) is 2.27. The third kappa shape index (κ3) is 2.25. The number of halogens is 1. The summed E-state index contributed by atoms with van der Waals surface area (Å²) in [5.74, 6) is 1.10. The fourth-order valence-electron chi connectivity index (χ4n) is 1.69. The molecule has 0 bridgehead atoms. The van der Waals surface area contributed by atoms with Crippen molar-refractivity contribution in [3.8, 4) is 11.5 Å². The molecule has 0 aliphatic carbocycles. The predicted octanol–water partition coefficient (Wildman–Crippen LogP) is 2.97. The summed E-state index contributed by atoms with van der Waals surface area (Å²) in [7, 11) is 3.10. The van der Waals surface area contributed by atoms with Gasteiger partial charge >= 0.3 is 0 Å². The first kappa shape index (κ1) is 13.1. The maximum absolute atomic E-state index is 9.74. The maximum Gasteiger partial charge on any atom is 0.168 e. The van der Waals surface area contributed by atoms with Gasteiger partial charge in [0.15, 0.2) is 11.5 Å². The van der Waals surface area contributed by atoms with E-state index in [1.165, 1.54) is 7.11 Å². The Bertz CT molecular complexity index is 375. The molecule has 0 aliphatic rings. The van der Waals surface area contributed by atoms with E-state index in [0.29, 0.717) is 22.1 Å². The number of aryl methyl sites for hydroxylation is 1. The Morgan fingerprint density at radius 2 is 2.00 bits per heavy atom. The molecule has 0 fully saturated rings. The van der Waals surface area contributed by atoms with Crippen molar-refractivity contribution >= 4 is 11.6 Å². The smallest absolute Gasteiger partial charge is 0.168 e. The summed E-state index contributed by atoms with van der Waals surface area (Å²) < 4.78 is 10.5. The van der Waals surface area contributed by atoms with Crippen molar-refractivity contribution in [3.05, 3.63) is 22.2 Å². The molecule has 1 rings (SSSR count). The fraction of sp³-hybridized carbons (Fsp3) is 0.500. The Morgan fingerprint density at radius 3 is 2.38 bits per heavy atom. The van der Waals surface area contributed by atoms with Crippen LogP contribution in [0.3, 0.4) is 0 Å².